The van der Waals surface area contributed by atoms with E-state index >= 15 is 0 Å². The average molecular weight is 469 g/mol. The van der Waals surface area contributed by atoms with Gasteiger partial charge in [-0.2, -0.15) is 0 Å². The van der Waals surface area contributed by atoms with Gasteiger partial charge in [-0.05, 0) is 60.0 Å². The SMILES string of the molecule is CCCc1ccccc1C1COc2ccc(C(=O)NSC(C)CC)cc2N(CC(C)CC)C1. The van der Waals surface area contributed by atoms with Gasteiger partial charge < -0.3 is 9.64 Å². The molecule has 0 spiro atoms. The Hall–Kier alpha value is -2.14. The molecule has 33 heavy (non-hydrogen) atoms. The number of anilines is 1. The summed E-state index contributed by atoms with van der Waals surface area (Å²) in [4.78, 5) is 15.3. The molecule has 1 amide bonds. The van der Waals surface area contributed by atoms with Crippen LogP contribution < -0.4 is 14.4 Å². The van der Waals surface area contributed by atoms with Crippen LogP contribution in [-0.2, 0) is 6.42 Å². The van der Waals surface area contributed by atoms with Crippen molar-refractivity contribution in [3.05, 3.63) is 59.2 Å². The summed E-state index contributed by atoms with van der Waals surface area (Å²) in [5.41, 5.74) is 4.54. The van der Waals surface area contributed by atoms with E-state index in [1.807, 2.05) is 18.2 Å². The van der Waals surface area contributed by atoms with Crippen molar-refractivity contribution >= 4 is 23.5 Å². The first-order valence-electron chi connectivity index (χ1n) is 12.5. The first kappa shape index (κ1) is 25.5. The number of rotatable bonds is 10. The second kappa shape index (κ2) is 12.4. The number of hydrogen-bond donors (Lipinski definition) is 1. The second-order valence-corrected chi connectivity index (χ2v) is 10.6. The zero-order valence-corrected chi connectivity index (χ0v) is 21.7. The number of carbonyl (C=O) groups excluding carboxylic acids is 1. The first-order chi connectivity index (χ1) is 16.0. The number of hydrogen-bond acceptors (Lipinski definition) is 4. The predicted molar refractivity (Wildman–Crippen MR) is 142 cm³/mol. The van der Waals surface area contributed by atoms with Gasteiger partial charge in [0.2, 0.25) is 0 Å². The molecule has 1 aliphatic rings. The third-order valence-corrected chi connectivity index (χ3v) is 7.65. The summed E-state index contributed by atoms with van der Waals surface area (Å²) < 4.78 is 9.38. The number of fused-ring (bicyclic) bond motifs is 1. The maximum absolute atomic E-state index is 12.8. The van der Waals surface area contributed by atoms with Gasteiger partial charge in [-0.15, -0.1) is 0 Å². The minimum atomic E-state index is -0.0410. The molecule has 1 heterocycles. The van der Waals surface area contributed by atoms with Crippen molar-refractivity contribution in [3.8, 4) is 5.75 Å². The molecule has 0 radical (unpaired) electrons. The lowest BCUT2D eigenvalue weighted by Crippen LogP contribution is -2.33. The Morgan fingerprint density at radius 1 is 1.15 bits per heavy atom. The zero-order valence-electron chi connectivity index (χ0n) is 20.9. The van der Waals surface area contributed by atoms with Crippen molar-refractivity contribution in [2.24, 2.45) is 5.92 Å². The fourth-order valence-electron chi connectivity index (χ4n) is 4.23. The highest BCUT2D eigenvalue weighted by Gasteiger charge is 2.27. The van der Waals surface area contributed by atoms with Crippen LogP contribution in [0.3, 0.4) is 0 Å². The van der Waals surface area contributed by atoms with Crippen LogP contribution in [0.15, 0.2) is 42.5 Å². The van der Waals surface area contributed by atoms with Crippen LogP contribution in [0.5, 0.6) is 5.75 Å². The fraction of sp³-hybridized carbons (Fsp3) is 0.536. The van der Waals surface area contributed by atoms with Gasteiger partial charge in [0.05, 0.1) is 12.3 Å². The van der Waals surface area contributed by atoms with Crippen molar-refractivity contribution in [3.63, 3.8) is 0 Å². The topological polar surface area (TPSA) is 41.6 Å². The molecule has 0 bridgehead atoms. The van der Waals surface area contributed by atoms with Crippen molar-refractivity contribution in [2.75, 3.05) is 24.6 Å². The smallest absolute Gasteiger partial charge is 0.261 e. The highest BCUT2D eigenvalue weighted by molar-refractivity contribution is 7.98. The molecule has 0 aromatic heterocycles. The third-order valence-electron chi connectivity index (χ3n) is 6.61. The number of benzene rings is 2. The molecular formula is C28H40N2O2S. The zero-order chi connectivity index (χ0) is 23.8. The van der Waals surface area contributed by atoms with Gasteiger partial charge in [0.15, 0.2) is 0 Å². The lowest BCUT2D eigenvalue weighted by atomic mass is 9.92. The van der Waals surface area contributed by atoms with Crippen LogP contribution in [0.1, 0.15) is 81.3 Å². The Morgan fingerprint density at radius 3 is 2.67 bits per heavy atom. The summed E-state index contributed by atoms with van der Waals surface area (Å²) in [6, 6.07) is 14.7. The monoisotopic (exact) mass is 468 g/mol. The highest BCUT2D eigenvalue weighted by atomic mass is 32.2. The van der Waals surface area contributed by atoms with Crippen molar-refractivity contribution in [1.29, 1.82) is 0 Å². The van der Waals surface area contributed by atoms with Crippen LogP contribution in [0.2, 0.25) is 0 Å². The van der Waals surface area contributed by atoms with Crippen LogP contribution in [0.4, 0.5) is 5.69 Å². The summed E-state index contributed by atoms with van der Waals surface area (Å²) in [6.07, 6.45) is 4.36. The molecule has 0 saturated carbocycles. The maximum Gasteiger partial charge on any atom is 0.261 e. The van der Waals surface area contributed by atoms with E-state index in [9.17, 15) is 4.79 Å². The van der Waals surface area contributed by atoms with Crippen molar-refractivity contribution in [1.82, 2.24) is 4.72 Å². The van der Waals surface area contributed by atoms with Crippen LogP contribution in [0, 0.1) is 5.92 Å². The van der Waals surface area contributed by atoms with E-state index in [-0.39, 0.29) is 5.91 Å². The Balaban J connectivity index is 1.90. The second-order valence-electron chi connectivity index (χ2n) is 9.33. The predicted octanol–water partition coefficient (Wildman–Crippen LogP) is 6.84. The Bertz CT molecular complexity index is 917. The van der Waals surface area contributed by atoms with E-state index in [1.54, 1.807) is 0 Å². The largest absolute Gasteiger partial charge is 0.491 e. The molecular weight excluding hydrogens is 428 g/mol. The lowest BCUT2D eigenvalue weighted by Gasteiger charge is -2.30. The molecule has 3 rings (SSSR count). The Morgan fingerprint density at radius 2 is 1.94 bits per heavy atom. The van der Waals surface area contributed by atoms with Crippen LogP contribution >= 0.6 is 11.9 Å². The minimum Gasteiger partial charge on any atom is -0.491 e. The summed E-state index contributed by atoms with van der Waals surface area (Å²) in [6.45, 7) is 13.5. The molecule has 3 atom stereocenters. The van der Waals surface area contributed by atoms with Gasteiger partial charge in [0.1, 0.15) is 5.75 Å². The summed E-state index contributed by atoms with van der Waals surface area (Å²) in [7, 11) is 0. The van der Waals surface area contributed by atoms with Crippen LogP contribution in [0.25, 0.3) is 0 Å². The molecule has 1 aliphatic heterocycles. The molecule has 2 aromatic rings. The van der Waals surface area contributed by atoms with Crippen molar-refractivity contribution < 1.29 is 9.53 Å². The Labute approximate surface area is 204 Å². The highest BCUT2D eigenvalue weighted by Crippen LogP contribution is 2.37. The molecule has 4 nitrogen and oxygen atoms in total. The normalized spacial score (nSPS) is 17.5. The van der Waals surface area contributed by atoms with E-state index in [0.29, 0.717) is 29.3 Å². The third kappa shape index (κ3) is 6.69. The molecule has 5 heteroatoms. The number of ether oxygens (including phenoxy) is 1. The minimum absolute atomic E-state index is 0.0410. The van der Waals surface area contributed by atoms with Gasteiger partial charge in [-0.3, -0.25) is 9.52 Å². The molecule has 0 saturated heterocycles. The van der Waals surface area contributed by atoms with Crippen LogP contribution in [-0.4, -0.2) is 30.9 Å². The average Bonchev–Trinajstić information content (AvgIpc) is 3.01. The molecule has 180 valence electrons. The van der Waals surface area contributed by atoms with Gasteiger partial charge in [-0.1, -0.05) is 71.7 Å². The number of nitrogens with zero attached hydrogens (tertiary/aromatic N) is 1. The molecule has 1 N–H and O–H groups in total. The Kier molecular flexibility index (Phi) is 9.54. The quantitative estimate of drug-likeness (QED) is 0.387. The van der Waals surface area contributed by atoms with E-state index in [1.165, 1.54) is 23.1 Å². The number of carbonyl (C=O) groups is 1. The molecule has 2 aromatic carbocycles. The molecule has 0 fully saturated rings. The number of aryl methyl sites for hydroxylation is 1. The molecule has 3 unspecified atom stereocenters. The van der Waals surface area contributed by atoms with E-state index in [0.717, 1.165) is 50.2 Å². The number of nitrogens with one attached hydrogen (secondary N) is 1. The van der Waals surface area contributed by atoms with E-state index < -0.39 is 0 Å². The first-order valence-corrected chi connectivity index (χ1v) is 13.4. The van der Waals surface area contributed by atoms with E-state index in [4.69, 9.17) is 4.74 Å². The summed E-state index contributed by atoms with van der Waals surface area (Å²) in [5.74, 6) is 1.68. The van der Waals surface area contributed by atoms with E-state index in [2.05, 4.69) is 68.5 Å². The summed E-state index contributed by atoms with van der Waals surface area (Å²) in [5, 5.41) is 0.393. The van der Waals surface area contributed by atoms with Crippen molar-refractivity contribution in [2.45, 2.75) is 71.5 Å². The van der Waals surface area contributed by atoms with Gasteiger partial charge >= 0.3 is 0 Å². The van der Waals surface area contributed by atoms with Gasteiger partial charge in [-0.25, -0.2) is 0 Å². The lowest BCUT2D eigenvalue weighted by molar-refractivity contribution is 0.0984. The summed E-state index contributed by atoms with van der Waals surface area (Å²) >= 11 is 1.50. The number of amides is 1. The standard InChI is InChI=1S/C28H40N2O2S/c1-6-11-22-12-9-10-13-25(22)24-18-30(17-20(4)7-2)26-16-23(14-15-27(26)32-19-24)28(31)29-33-21(5)8-3/h9-10,12-16,20-21,24H,6-8,11,17-19H2,1-5H3,(H,29,31). The van der Waals surface area contributed by atoms with Gasteiger partial charge in [0, 0.05) is 29.8 Å². The molecule has 0 aliphatic carbocycles. The fourth-order valence-corrected chi connectivity index (χ4v) is 4.82. The van der Waals surface area contributed by atoms with Gasteiger partial charge in [0.25, 0.3) is 5.91 Å². The maximum atomic E-state index is 12.8.